The summed E-state index contributed by atoms with van der Waals surface area (Å²) < 4.78 is 10.3. The molecule has 0 fully saturated rings. The van der Waals surface area contributed by atoms with Gasteiger partial charge >= 0.3 is 12.1 Å². The van der Waals surface area contributed by atoms with E-state index in [1.807, 2.05) is 30.3 Å². The summed E-state index contributed by atoms with van der Waals surface area (Å²) in [6, 6.07) is 8.42. The zero-order valence-electron chi connectivity index (χ0n) is 15.5. The molecule has 6 heteroatoms. The van der Waals surface area contributed by atoms with Crippen LogP contribution in [-0.2, 0) is 25.7 Å². The van der Waals surface area contributed by atoms with Gasteiger partial charge in [0.2, 0.25) is 0 Å². The van der Waals surface area contributed by atoms with E-state index in [1.165, 1.54) is 0 Å². The first-order chi connectivity index (χ1) is 11.6. The number of esters is 1. The number of amides is 1. The zero-order valence-corrected chi connectivity index (χ0v) is 15.5. The van der Waals surface area contributed by atoms with Gasteiger partial charge in [0, 0.05) is 0 Å². The van der Waals surface area contributed by atoms with Crippen molar-refractivity contribution in [2.24, 2.45) is 5.92 Å². The molecule has 0 saturated heterocycles. The Labute approximate surface area is 148 Å². The van der Waals surface area contributed by atoms with Gasteiger partial charge in [0.15, 0.2) is 5.78 Å². The second kappa shape index (κ2) is 9.20. The Morgan fingerprint density at radius 2 is 1.68 bits per heavy atom. The summed E-state index contributed by atoms with van der Waals surface area (Å²) in [4.78, 5) is 36.1. The van der Waals surface area contributed by atoms with Gasteiger partial charge in [-0.2, -0.15) is 0 Å². The lowest BCUT2D eigenvalue weighted by molar-refractivity contribution is -0.156. The molecule has 1 rings (SSSR count). The Bertz CT molecular complexity index is 590. The highest BCUT2D eigenvalue weighted by Crippen LogP contribution is 2.11. The van der Waals surface area contributed by atoms with Gasteiger partial charge in [-0.25, -0.2) is 4.79 Å². The maximum Gasteiger partial charge on any atom is 0.408 e. The third kappa shape index (κ3) is 8.33. The highest BCUT2D eigenvalue weighted by atomic mass is 16.6. The summed E-state index contributed by atoms with van der Waals surface area (Å²) in [7, 11) is 0. The van der Waals surface area contributed by atoms with Crippen LogP contribution >= 0.6 is 0 Å². The molecule has 0 aliphatic heterocycles. The number of ketones is 1. The third-order valence-corrected chi connectivity index (χ3v) is 3.24. The van der Waals surface area contributed by atoms with E-state index in [1.54, 1.807) is 34.6 Å². The van der Waals surface area contributed by atoms with Crippen molar-refractivity contribution in [3.05, 3.63) is 35.9 Å². The van der Waals surface area contributed by atoms with Gasteiger partial charge in [-0.1, -0.05) is 44.2 Å². The lowest BCUT2D eigenvalue weighted by Gasteiger charge is -2.23. The van der Waals surface area contributed by atoms with E-state index in [4.69, 9.17) is 9.47 Å². The number of hydrogen-bond acceptors (Lipinski definition) is 5. The topological polar surface area (TPSA) is 81.7 Å². The lowest BCUT2D eigenvalue weighted by Crippen LogP contribution is -2.45. The Morgan fingerprint density at radius 1 is 1.08 bits per heavy atom. The maximum absolute atomic E-state index is 12.3. The smallest absolute Gasteiger partial charge is 0.408 e. The fraction of sp³-hybridized carbons (Fsp3) is 0.526. The lowest BCUT2D eigenvalue weighted by atomic mass is 9.98. The Kier molecular flexibility index (Phi) is 7.61. The van der Waals surface area contributed by atoms with Gasteiger partial charge in [0.05, 0.1) is 6.04 Å². The van der Waals surface area contributed by atoms with Crippen molar-refractivity contribution >= 4 is 17.8 Å². The summed E-state index contributed by atoms with van der Waals surface area (Å²) in [6.45, 7) is 8.87. The number of Topliss-reactive ketones (excluding diaryl/α,β-unsaturated/α-hetero) is 1. The second-order valence-corrected chi connectivity index (χ2v) is 7.16. The van der Waals surface area contributed by atoms with Crippen molar-refractivity contribution in [1.29, 1.82) is 0 Å². The van der Waals surface area contributed by atoms with Crippen molar-refractivity contribution in [1.82, 2.24) is 5.32 Å². The van der Waals surface area contributed by atoms with Gasteiger partial charge < -0.3 is 14.8 Å². The molecule has 0 heterocycles. The van der Waals surface area contributed by atoms with Crippen LogP contribution < -0.4 is 5.32 Å². The van der Waals surface area contributed by atoms with Gasteiger partial charge in [0.1, 0.15) is 18.6 Å². The van der Waals surface area contributed by atoms with Crippen LogP contribution in [0.5, 0.6) is 0 Å². The predicted octanol–water partition coefficient (Wildman–Crippen LogP) is 3.24. The number of benzene rings is 1. The summed E-state index contributed by atoms with van der Waals surface area (Å²) in [5.74, 6) is -1.19. The number of hydrogen-bond donors (Lipinski definition) is 1. The van der Waals surface area contributed by atoms with Crippen molar-refractivity contribution in [3.63, 3.8) is 0 Å². The van der Waals surface area contributed by atoms with Crippen LogP contribution in [0.3, 0.4) is 0 Å². The SMILES string of the molecule is CC(C)[C@H](NC(=O)OCc1ccccc1)C(=O)CC(=O)OC(C)(C)C. The van der Waals surface area contributed by atoms with Crippen LogP contribution in [0, 0.1) is 5.92 Å². The normalized spacial score (nSPS) is 12.4. The molecule has 25 heavy (non-hydrogen) atoms. The molecular weight excluding hydrogens is 322 g/mol. The first kappa shape index (κ1) is 20.7. The van der Waals surface area contributed by atoms with Crippen LogP contribution in [0.2, 0.25) is 0 Å². The van der Waals surface area contributed by atoms with Crippen LogP contribution in [0.1, 0.15) is 46.6 Å². The van der Waals surface area contributed by atoms with E-state index < -0.39 is 29.5 Å². The van der Waals surface area contributed by atoms with E-state index in [-0.39, 0.29) is 18.9 Å². The van der Waals surface area contributed by atoms with Crippen molar-refractivity contribution in [2.75, 3.05) is 0 Å². The Hall–Kier alpha value is -2.37. The summed E-state index contributed by atoms with van der Waals surface area (Å²) in [5, 5.41) is 2.54. The van der Waals surface area contributed by atoms with Crippen molar-refractivity contribution in [3.8, 4) is 0 Å². The molecule has 1 aromatic rings. The van der Waals surface area contributed by atoms with Crippen LogP contribution in [0.25, 0.3) is 0 Å². The largest absolute Gasteiger partial charge is 0.460 e. The average molecular weight is 349 g/mol. The van der Waals surface area contributed by atoms with E-state index in [9.17, 15) is 14.4 Å². The van der Waals surface area contributed by atoms with Crippen LogP contribution in [0.4, 0.5) is 4.79 Å². The van der Waals surface area contributed by atoms with Gasteiger partial charge in [0.25, 0.3) is 0 Å². The molecule has 0 aliphatic rings. The number of ether oxygens (including phenoxy) is 2. The molecule has 1 amide bonds. The zero-order chi connectivity index (χ0) is 19.0. The van der Waals surface area contributed by atoms with Crippen LogP contribution in [-0.4, -0.2) is 29.5 Å². The summed E-state index contributed by atoms with van der Waals surface area (Å²) in [6.07, 6.45) is -1.08. The van der Waals surface area contributed by atoms with Crippen LogP contribution in [0.15, 0.2) is 30.3 Å². The maximum atomic E-state index is 12.3. The van der Waals surface area contributed by atoms with Crippen molar-refractivity contribution in [2.45, 2.75) is 59.3 Å². The fourth-order valence-corrected chi connectivity index (χ4v) is 2.14. The number of carbonyl (C=O) groups is 3. The van der Waals surface area contributed by atoms with E-state index in [0.29, 0.717) is 0 Å². The minimum Gasteiger partial charge on any atom is -0.460 e. The molecule has 0 unspecified atom stereocenters. The minimum atomic E-state index is -0.809. The molecule has 1 N–H and O–H groups in total. The van der Waals surface area contributed by atoms with Crippen molar-refractivity contribution < 1.29 is 23.9 Å². The molecule has 0 aromatic heterocycles. The van der Waals surface area contributed by atoms with E-state index in [2.05, 4.69) is 5.32 Å². The number of nitrogens with one attached hydrogen (secondary N) is 1. The average Bonchev–Trinajstić information content (AvgIpc) is 2.49. The molecule has 138 valence electrons. The summed E-state index contributed by atoms with van der Waals surface area (Å²) in [5.41, 5.74) is 0.186. The molecule has 0 bridgehead atoms. The number of rotatable bonds is 7. The molecular formula is C19H27NO5. The molecule has 0 saturated carbocycles. The van der Waals surface area contributed by atoms with Gasteiger partial charge in [-0.15, -0.1) is 0 Å². The molecule has 0 spiro atoms. The standard InChI is InChI=1S/C19H27NO5/c1-13(2)17(15(21)11-16(22)25-19(3,4)5)20-18(23)24-12-14-9-7-6-8-10-14/h6-10,13,17H,11-12H2,1-5H3,(H,20,23)/t17-/m0/s1. The first-order valence-electron chi connectivity index (χ1n) is 8.30. The number of carbonyl (C=O) groups excluding carboxylic acids is 3. The highest BCUT2D eigenvalue weighted by molar-refractivity contribution is 5.99. The molecule has 0 aliphatic carbocycles. The molecule has 0 radical (unpaired) electrons. The number of alkyl carbamates (subject to hydrolysis) is 1. The van der Waals surface area contributed by atoms with E-state index >= 15 is 0 Å². The third-order valence-electron chi connectivity index (χ3n) is 3.24. The quantitative estimate of drug-likeness (QED) is 0.604. The Morgan fingerprint density at radius 3 is 2.20 bits per heavy atom. The predicted molar refractivity (Wildman–Crippen MR) is 93.9 cm³/mol. The van der Waals surface area contributed by atoms with Gasteiger partial charge in [-0.3, -0.25) is 9.59 Å². The van der Waals surface area contributed by atoms with E-state index in [0.717, 1.165) is 5.56 Å². The van der Waals surface area contributed by atoms with Gasteiger partial charge in [-0.05, 0) is 32.3 Å². The first-order valence-corrected chi connectivity index (χ1v) is 8.30. The second-order valence-electron chi connectivity index (χ2n) is 7.16. The summed E-state index contributed by atoms with van der Waals surface area (Å²) >= 11 is 0. The minimum absolute atomic E-state index is 0.109. The molecule has 1 aromatic carbocycles. The highest BCUT2D eigenvalue weighted by Gasteiger charge is 2.28. The monoisotopic (exact) mass is 349 g/mol. The molecule has 6 nitrogen and oxygen atoms in total. The fourth-order valence-electron chi connectivity index (χ4n) is 2.14. The Balaban J connectivity index is 2.56. The molecule has 1 atom stereocenters.